The fourth-order valence-electron chi connectivity index (χ4n) is 3.70. The lowest BCUT2D eigenvalue weighted by molar-refractivity contribution is -0.140. The Bertz CT molecular complexity index is 822. The van der Waals surface area contributed by atoms with Gasteiger partial charge in [0.15, 0.2) is 0 Å². The van der Waals surface area contributed by atoms with Crippen LogP contribution < -0.4 is 10.1 Å². The van der Waals surface area contributed by atoms with Crippen molar-refractivity contribution in [1.29, 1.82) is 0 Å². The highest BCUT2D eigenvalue weighted by Gasteiger charge is 2.39. The fourth-order valence-corrected chi connectivity index (χ4v) is 3.70. The summed E-state index contributed by atoms with van der Waals surface area (Å²) >= 11 is 0. The van der Waals surface area contributed by atoms with Gasteiger partial charge in [-0.25, -0.2) is 0 Å². The van der Waals surface area contributed by atoms with Crippen molar-refractivity contribution >= 4 is 11.8 Å². The molecular weight excluding hydrogens is 352 g/mol. The maximum Gasteiger partial charge on any atom is 0.227 e. The minimum atomic E-state index is -0.566. The first-order chi connectivity index (χ1) is 13.5. The number of carbonyl (C=O) groups is 2. The molecule has 0 aromatic heterocycles. The summed E-state index contributed by atoms with van der Waals surface area (Å²) in [5.41, 5.74) is 1.43. The van der Waals surface area contributed by atoms with Gasteiger partial charge in [0, 0.05) is 19.6 Å². The van der Waals surface area contributed by atoms with E-state index in [1.54, 1.807) is 7.11 Å². The van der Waals surface area contributed by atoms with Gasteiger partial charge >= 0.3 is 0 Å². The maximum atomic E-state index is 12.9. The molecule has 1 aliphatic heterocycles. The fraction of sp³-hybridized carbons (Fsp3) is 0.391. The molecule has 0 bridgehead atoms. The summed E-state index contributed by atoms with van der Waals surface area (Å²) in [6.07, 6.45) is 2.00. The molecule has 1 atom stereocenters. The first-order valence-electron chi connectivity index (χ1n) is 9.73. The number of piperidine rings is 1. The average molecular weight is 380 g/mol. The molecule has 2 amide bonds. The number of nitrogens with one attached hydrogen (secondary N) is 1. The molecule has 1 saturated heterocycles. The van der Waals surface area contributed by atoms with Gasteiger partial charge in [-0.2, -0.15) is 0 Å². The molecule has 1 fully saturated rings. The second kappa shape index (κ2) is 8.91. The van der Waals surface area contributed by atoms with E-state index in [0.29, 0.717) is 26.1 Å². The second-order valence-electron chi connectivity index (χ2n) is 7.68. The minimum Gasteiger partial charge on any atom is -0.497 e. The number of hydrogen-bond donors (Lipinski definition) is 1. The molecule has 5 heteroatoms. The van der Waals surface area contributed by atoms with Crippen molar-refractivity contribution in [1.82, 2.24) is 10.2 Å². The van der Waals surface area contributed by atoms with Crippen molar-refractivity contribution < 1.29 is 14.3 Å². The molecule has 0 radical (unpaired) electrons. The van der Waals surface area contributed by atoms with E-state index in [4.69, 9.17) is 4.74 Å². The number of rotatable bonds is 6. The minimum absolute atomic E-state index is 0.00692. The molecule has 1 N–H and O–H groups in total. The van der Waals surface area contributed by atoms with Gasteiger partial charge in [0.25, 0.3) is 0 Å². The third-order valence-electron chi connectivity index (χ3n) is 5.38. The lowest BCUT2D eigenvalue weighted by Gasteiger charge is -2.39. The topological polar surface area (TPSA) is 58.6 Å². The van der Waals surface area contributed by atoms with Crippen LogP contribution in [0.3, 0.4) is 0 Å². The lowest BCUT2D eigenvalue weighted by atomic mass is 9.80. The van der Waals surface area contributed by atoms with E-state index >= 15 is 0 Å². The van der Waals surface area contributed by atoms with Crippen LogP contribution in [0.2, 0.25) is 0 Å². The summed E-state index contributed by atoms with van der Waals surface area (Å²) in [6.45, 7) is 3.58. The van der Waals surface area contributed by atoms with E-state index in [1.165, 1.54) is 0 Å². The smallest absolute Gasteiger partial charge is 0.227 e. The molecule has 0 unspecified atom stereocenters. The van der Waals surface area contributed by atoms with Crippen LogP contribution >= 0.6 is 0 Å². The van der Waals surface area contributed by atoms with Crippen LogP contribution in [-0.4, -0.2) is 36.9 Å². The lowest BCUT2D eigenvalue weighted by Crippen LogP contribution is -2.52. The van der Waals surface area contributed by atoms with E-state index in [1.807, 2.05) is 66.4 Å². The Hall–Kier alpha value is -2.82. The standard InChI is InChI=1S/C23H28N2O3/c1-23(22(27)24-16-19-10-6-11-20(14-19)28-2)12-7-13-25(17-23)21(26)15-18-8-4-3-5-9-18/h3-6,8-11,14H,7,12-13,15-17H2,1-2H3,(H,24,27)/t23-/m1/s1. The summed E-state index contributed by atoms with van der Waals surface area (Å²) < 4.78 is 5.23. The summed E-state index contributed by atoms with van der Waals surface area (Å²) in [7, 11) is 1.63. The Labute approximate surface area is 166 Å². The van der Waals surface area contributed by atoms with Gasteiger partial charge in [-0.1, -0.05) is 42.5 Å². The maximum absolute atomic E-state index is 12.9. The second-order valence-corrected chi connectivity index (χ2v) is 7.68. The van der Waals surface area contributed by atoms with E-state index in [-0.39, 0.29) is 11.8 Å². The van der Waals surface area contributed by atoms with Crippen molar-refractivity contribution in [3.8, 4) is 5.75 Å². The SMILES string of the molecule is COc1cccc(CNC(=O)[C@]2(C)CCCN(C(=O)Cc3ccccc3)C2)c1. The largest absolute Gasteiger partial charge is 0.497 e. The van der Waals surface area contributed by atoms with Gasteiger partial charge in [-0.15, -0.1) is 0 Å². The predicted molar refractivity (Wildman–Crippen MR) is 109 cm³/mol. The van der Waals surface area contributed by atoms with Crippen LogP contribution in [0.1, 0.15) is 30.9 Å². The molecule has 1 heterocycles. The van der Waals surface area contributed by atoms with Gasteiger partial charge in [-0.05, 0) is 43.0 Å². The number of hydrogen-bond acceptors (Lipinski definition) is 3. The van der Waals surface area contributed by atoms with Gasteiger partial charge in [0.2, 0.25) is 11.8 Å². The van der Waals surface area contributed by atoms with Gasteiger partial charge in [-0.3, -0.25) is 9.59 Å². The first-order valence-corrected chi connectivity index (χ1v) is 9.73. The van der Waals surface area contributed by atoms with E-state index in [2.05, 4.69) is 5.32 Å². The summed E-state index contributed by atoms with van der Waals surface area (Å²) in [5, 5.41) is 3.04. The van der Waals surface area contributed by atoms with Gasteiger partial charge in [0.05, 0.1) is 18.9 Å². The summed E-state index contributed by atoms with van der Waals surface area (Å²) in [5.74, 6) is 0.846. The van der Waals surface area contributed by atoms with E-state index < -0.39 is 5.41 Å². The number of amides is 2. The third-order valence-corrected chi connectivity index (χ3v) is 5.38. The zero-order chi connectivity index (χ0) is 20.0. The highest BCUT2D eigenvalue weighted by molar-refractivity contribution is 5.84. The molecular formula is C23H28N2O3. The Morgan fingerprint density at radius 1 is 1.11 bits per heavy atom. The molecule has 0 aliphatic carbocycles. The third kappa shape index (κ3) is 4.91. The Kier molecular flexibility index (Phi) is 6.34. The van der Waals surface area contributed by atoms with Crippen molar-refractivity contribution in [3.63, 3.8) is 0 Å². The zero-order valence-electron chi connectivity index (χ0n) is 16.6. The van der Waals surface area contributed by atoms with Crippen molar-refractivity contribution in [3.05, 3.63) is 65.7 Å². The predicted octanol–water partition coefficient (Wildman–Crippen LogP) is 3.18. The van der Waals surface area contributed by atoms with E-state index in [9.17, 15) is 9.59 Å². The summed E-state index contributed by atoms with van der Waals surface area (Å²) in [4.78, 5) is 27.4. The number of likely N-dealkylation sites (tertiary alicyclic amines) is 1. The number of methoxy groups -OCH3 is 1. The Balaban J connectivity index is 1.59. The van der Waals surface area contributed by atoms with Gasteiger partial charge in [0.1, 0.15) is 5.75 Å². The first kappa shape index (κ1) is 19.9. The van der Waals surface area contributed by atoms with Crippen LogP contribution in [-0.2, 0) is 22.6 Å². The van der Waals surface area contributed by atoms with Crippen molar-refractivity contribution in [2.75, 3.05) is 20.2 Å². The highest BCUT2D eigenvalue weighted by Crippen LogP contribution is 2.30. The summed E-state index contributed by atoms with van der Waals surface area (Å²) in [6, 6.07) is 17.4. The van der Waals surface area contributed by atoms with Gasteiger partial charge < -0.3 is 15.0 Å². The molecule has 1 aliphatic rings. The van der Waals surface area contributed by atoms with Crippen LogP contribution in [0.4, 0.5) is 0 Å². The highest BCUT2D eigenvalue weighted by atomic mass is 16.5. The molecule has 0 saturated carbocycles. The van der Waals surface area contributed by atoms with Crippen LogP contribution in [0, 0.1) is 5.41 Å². The monoisotopic (exact) mass is 380 g/mol. The molecule has 0 spiro atoms. The van der Waals surface area contributed by atoms with Crippen LogP contribution in [0.5, 0.6) is 5.75 Å². The molecule has 148 valence electrons. The molecule has 2 aromatic carbocycles. The van der Waals surface area contributed by atoms with Crippen LogP contribution in [0.15, 0.2) is 54.6 Å². The van der Waals surface area contributed by atoms with Crippen molar-refractivity contribution in [2.24, 2.45) is 5.41 Å². The number of ether oxygens (including phenoxy) is 1. The molecule has 3 rings (SSSR count). The number of nitrogens with zero attached hydrogens (tertiary/aromatic N) is 1. The molecule has 5 nitrogen and oxygen atoms in total. The zero-order valence-corrected chi connectivity index (χ0v) is 16.6. The molecule has 28 heavy (non-hydrogen) atoms. The Morgan fingerprint density at radius 3 is 2.61 bits per heavy atom. The number of carbonyl (C=O) groups excluding carboxylic acids is 2. The average Bonchev–Trinajstić information content (AvgIpc) is 2.73. The van der Waals surface area contributed by atoms with Crippen molar-refractivity contribution in [2.45, 2.75) is 32.7 Å². The van der Waals surface area contributed by atoms with E-state index in [0.717, 1.165) is 29.7 Å². The van der Waals surface area contributed by atoms with Crippen LogP contribution in [0.25, 0.3) is 0 Å². The number of benzene rings is 2. The quantitative estimate of drug-likeness (QED) is 0.837. The molecule has 2 aromatic rings. The Morgan fingerprint density at radius 2 is 1.86 bits per heavy atom. The normalized spacial score (nSPS) is 19.1.